The molecule has 0 fully saturated rings. The first kappa shape index (κ1) is 11.5. The summed E-state index contributed by atoms with van der Waals surface area (Å²) in [6, 6.07) is 3.68. The highest BCUT2D eigenvalue weighted by Gasteiger charge is 2.06. The minimum absolute atomic E-state index is 0.235. The molecule has 0 radical (unpaired) electrons. The fraction of sp³-hybridized carbons (Fsp3) is 0.0909. The second-order valence-corrected chi connectivity index (χ2v) is 3.66. The Labute approximate surface area is 103 Å². The molecule has 0 saturated carbocycles. The molecule has 17 heavy (non-hydrogen) atoms. The van der Waals surface area contributed by atoms with Crippen molar-refractivity contribution in [2.75, 3.05) is 0 Å². The van der Waals surface area contributed by atoms with E-state index in [1.165, 1.54) is 12.4 Å². The van der Waals surface area contributed by atoms with Crippen LogP contribution < -0.4 is 5.32 Å². The van der Waals surface area contributed by atoms with Gasteiger partial charge >= 0.3 is 0 Å². The molecule has 2 rings (SSSR count). The van der Waals surface area contributed by atoms with E-state index < -0.39 is 0 Å². The highest BCUT2D eigenvalue weighted by Crippen LogP contribution is 2.01. The zero-order valence-electron chi connectivity index (χ0n) is 8.80. The van der Waals surface area contributed by atoms with Gasteiger partial charge in [-0.2, -0.15) is 0 Å². The molecule has 0 bridgehead atoms. The predicted octanol–water partition coefficient (Wildman–Crippen LogP) is 1.46. The summed E-state index contributed by atoms with van der Waals surface area (Å²) in [7, 11) is 0. The maximum Gasteiger partial charge on any atom is 0.271 e. The molecule has 2 aromatic heterocycles. The molecule has 0 unspecified atom stereocenters. The average Bonchev–Trinajstić information content (AvgIpc) is 2.38. The second kappa shape index (κ2) is 5.36. The number of rotatable bonds is 3. The van der Waals surface area contributed by atoms with E-state index in [4.69, 9.17) is 11.6 Å². The summed E-state index contributed by atoms with van der Waals surface area (Å²) in [5.74, 6) is -0.294. The molecule has 2 aromatic rings. The predicted molar refractivity (Wildman–Crippen MR) is 62.4 cm³/mol. The normalized spacial score (nSPS) is 9.94. The zero-order valence-corrected chi connectivity index (χ0v) is 9.55. The molecule has 0 aliphatic heterocycles. The molecule has 0 spiro atoms. The summed E-state index contributed by atoms with van der Waals surface area (Å²) in [6.07, 6.45) is 6.03. The smallest absolute Gasteiger partial charge is 0.271 e. The van der Waals surface area contributed by atoms with Crippen LogP contribution >= 0.6 is 11.6 Å². The topological polar surface area (TPSA) is 67.8 Å². The third kappa shape index (κ3) is 3.22. The van der Waals surface area contributed by atoms with Gasteiger partial charge in [0.05, 0.1) is 12.4 Å². The van der Waals surface area contributed by atoms with E-state index >= 15 is 0 Å². The van der Waals surface area contributed by atoms with Crippen LogP contribution in [-0.2, 0) is 6.54 Å². The van der Waals surface area contributed by atoms with Crippen LogP contribution in [-0.4, -0.2) is 20.9 Å². The van der Waals surface area contributed by atoms with Crippen LogP contribution in [0.25, 0.3) is 0 Å². The van der Waals surface area contributed by atoms with Crippen molar-refractivity contribution in [3.05, 3.63) is 53.3 Å². The number of hydrogen-bond donors (Lipinski definition) is 1. The Morgan fingerprint density at radius 3 is 2.82 bits per heavy atom. The summed E-state index contributed by atoms with van der Waals surface area (Å²) in [5.41, 5.74) is 1.15. The van der Waals surface area contributed by atoms with E-state index in [0.717, 1.165) is 5.56 Å². The lowest BCUT2D eigenvalue weighted by Gasteiger charge is -2.03. The van der Waals surface area contributed by atoms with Crippen LogP contribution in [0, 0.1) is 0 Å². The third-order valence-electron chi connectivity index (χ3n) is 2.03. The minimum atomic E-state index is -0.294. The number of carbonyl (C=O) groups is 1. The van der Waals surface area contributed by atoms with Crippen molar-refractivity contribution < 1.29 is 4.79 Å². The van der Waals surface area contributed by atoms with Crippen molar-refractivity contribution in [1.82, 2.24) is 20.3 Å². The third-order valence-corrected chi connectivity index (χ3v) is 2.22. The molecule has 0 aliphatic carbocycles. The number of nitrogens with one attached hydrogen (secondary N) is 1. The molecule has 0 atom stereocenters. The summed E-state index contributed by atoms with van der Waals surface area (Å²) in [5, 5.41) is 2.97. The zero-order chi connectivity index (χ0) is 12.1. The van der Waals surface area contributed by atoms with E-state index in [1.807, 2.05) is 12.1 Å². The van der Waals surface area contributed by atoms with E-state index in [-0.39, 0.29) is 16.8 Å². The first-order valence-corrected chi connectivity index (χ1v) is 5.28. The van der Waals surface area contributed by atoms with Gasteiger partial charge in [0.2, 0.25) is 0 Å². The number of hydrogen-bond acceptors (Lipinski definition) is 4. The van der Waals surface area contributed by atoms with Crippen LogP contribution in [0.15, 0.2) is 36.9 Å². The Kier molecular flexibility index (Phi) is 3.62. The van der Waals surface area contributed by atoms with Crippen LogP contribution in [0.3, 0.4) is 0 Å². The average molecular weight is 249 g/mol. The van der Waals surface area contributed by atoms with Crippen LogP contribution in [0.4, 0.5) is 0 Å². The van der Waals surface area contributed by atoms with Gasteiger partial charge in [-0.15, -0.1) is 0 Å². The fourth-order valence-corrected chi connectivity index (χ4v) is 1.30. The highest BCUT2D eigenvalue weighted by molar-refractivity contribution is 6.29. The van der Waals surface area contributed by atoms with Crippen molar-refractivity contribution >= 4 is 17.5 Å². The van der Waals surface area contributed by atoms with Gasteiger partial charge in [-0.3, -0.25) is 9.78 Å². The molecule has 1 amide bonds. The lowest BCUT2D eigenvalue weighted by atomic mass is 10.3. The second-order valence-electron chi connectivity index (χ2n) is 3.27. The van der Waals surface area contributed by atoms with E-state index in [9.17, 15) is 4.79 Å². The summed E-state index contributed by atoms with van der Waals surface area (Å²) < 4.78 is 0. The minimum Gasteiger partial charge on any atom is -0.347 e. The quantitative estimate of drug-likeness (QED) is 0.893. The van der Waals surface area contributed by atoms with Gasteiger partial charge < -0.3 is 5.32 Å². The van der Waals surface area contributed by atoms with Gasteiger partial charge in [0.1, 0.15) is 10.8 Å². The van der Waals surface area contributed by atoms with Gasteiger partial charge in [-0.1, -0.05) is 17.7 Å². The van der Waals surface area contributed by atoms with Gasteiger partial charge in [-0.05, 0) is 11.6 Å². The van der Waals surface area contributed by atoms with Crippen molar-refractivity contribution in [2.24, 2.45) is 0 Å². The number of halogens is 1. The Balaban J connectivity index is 1.96. The first-order chi connectivity index (χ1) is 8.25. The molecule has 0 aliphatic rings. The summed E-state index contributed by atoms with van der Waals surface area (Å²) >= 11 is 5.58. The lowest BCUT2D eigenvalue weighted by Crippen LogP contribution is -2.23. The maximum absolute atomic E-state index is 11.7. The SMILES string of the molecule is O=C(NCc1cccnc1)c1cnc(Cl)cn1. The Bertz CT molecular complexity index is 501. The molecule has 1 N–H and O–H groups in total. The Morgan fingerprint density at radius 1 is 1.29 bits per heavy atom. The number of amides is 1. The van der Waals surface area contributed by atoms with Gasteiger partial charge in [0, 0.05) is 18.9 Å². The monoisotopic (exact) mass is 248 g/mol. The molecule has 0 saturated heterocycles. The lowest BCUT2D eigenvalue weighted by molar-refractivity contribution is 0.0945. The van der Waals surface area contributed by atoms with Gasteiger partial charge in [0.15, 0.2) is 0 Å². The van der Waals surface area contributed by atoms with Crippen molar-refractivity contribution in [2.45, 2.75) is 6.54 Å². The van der Waals surface area contributed by atoms with E-state index in [0.29, 0.717) is 6.54 Å². The Morgan fingerprint density at radius 2 is 2.18 bits per heavy atom. The fourth-order valence-electron chi connectivity index (χ4n) is 1.21. The molecular weight excluding hydrogens is 240 g/mol. The molecule has 0 aromatic carbocycles. The molecule has 86 valence electrons. The van der Waals surface area contributed by atoms with Crippen LogP contribution in [0.2, 0.25) is 5.15 Å². The Hall–Kier alpha value is -2.01. The first-order valence-electron chi connectivity index (χ1n) is 4.90. The highest BCUT2D eigenvalue weighted by atomic mass is 35.5. The standard InChI is InChI=1S/C11H9ClN4O/c12-10-7-14-9(6-15-10)11(17)16-5-8-2-1-3-13-4-8/h1-4,6-7H,5H2,(H,16,17). The van der Waals surface area contributed by atoms with Crippen molar-refractivity contribution in [3.8, 4) is 0 Å². The number of nitrogens with zero attached hydrogens (tertiary/aromatic N) is 3. The molecule has 5 nitrogen and oxygen atoms in total. The van der Waals surface area contributed by atoms with Crippen LogP contribution in [0.1, 0.15) is 16.1 Å². The van der Waals surface area contributed by atoms with Crippen molar-refractivity contribution in [3.63, 3.8) is 0 Å². The number of aromatic nitrogens is 3. The molecular formula is C11H9ClN4O. The van der Waals surface area contributed by atoms with Crippen LogP contribution in [0.5, 0.6) is 0 Å². The number of carbonyl (C=O) groups excluding carboxylic acids is 1. The van der Waals surface area contributed by atoms with E-state index in [2.05, 4.69) is 20.3 Å². The number of pyridine rings is 1. The van der Waals surface area contributed by atoms with Gasteiger partial charge in [0.25, 0.3) is 5.91 Å². The van der Waals surface area contributed by atoms with Crippen molar-refractivity contribution in [1.29, 1.82) is 0 Å². The maximum atomic E-state index is 11.7. The largest absolute Gasteiger partial charge is 0.347 e. The molecule has 2 heterocycles. The summed E-state index contributed by atoms with van der Waals surface area (Å²) in [4.78, 5) is 23.3. The summed E-state index contributed by atoms with van der Waals surface area (Å²) in [6.45, 7) is 0.400. The van der Waals surface area contributed by atoms with E-state index in [1.54, 1.807) is 12.4 Å². The molecule has 6 heteroatoms. The van der Waals surface area contributed by atoms with Gasteiger partial charge in [-0.25, -0.2) is 9.97 Å².